The molecule has 1 aromatic carbocycles. The Morgan fingerprint density at radius 3 is 2.65 bits per heavy atom. The van der Waals surface area contributed by atoms with Crippen molar-refractivity contribution in [2.75, 3.05) is 33.7 Å². The maximum Gasteiger partial charge on any atom is 0.253 e. The van der Waals surface area contributed by atoms with Gasteiger partial charge in [-0.3, -0.25) is 4.79 Å². The van der Waals surface area contributed by atoms with Gasteiger partial charge in [0.15, 0.2) is 0 Å². The number of piperidine rings is 1. The van der Waals surface area contributed by atoms with E-state index in [9.17, 15) is 4.79 Å². The van der Waals surface area contributed by atoms with E-state index in [1.54, 1.807) is 0 Å². The van der Waals surface area contributed by atoms with Crippen LogP contribution in [0.4, 0.5) is 0 Å². The topological polar surface area (TPSA) is 23.6 Å². The Labute approximate surface area is 126 Å². The lowest BCUT2D eigenvalue weighted by atomic mass is 9.96. The summed E-state index contributed by atoms with van der Waals surface area (Å²) in [5.41, 5.74) is 1.76. The first-order valence-corrected chi connectivity index (χ1v) is 7.72. The average Bonchev–Trinajstić information content (AvgIpc) is 2.47. The Kier molecular flexibility index (Phi) is 5.44. The fourth-order valence-corrected chi connectivity index (χ4v) is 2.97. The molecular formula is C16H23ClN2O. The third-order valence-electron chi connectivity index (χ3n) is 3.85. The van der Waals surface area contributed by atoms with Crippen molar-refractivity contribution in [2.45, 2.75) is 18.7 Å². The molecule has 0 atom stereocenters. The highest BCUT2D eigenvalue weighted by Crippen LogP contribution is 2.20. The summed E-state index contributed by atoms with van der Waals surface area (Å²) in [5.74, 6) is 1.30. The van der Waals surface area contributed by atoms with Crippen LogP contribution in [0.3, 0.4) is 0 Å². The molecule has 0 unspecified atom stereocenters. The van der Waals surface area contributed by atoms with E-state index in [1.807, 2.05) is 29.2 Å². The number of hydrogen-bond donors (Lipinski definition) is 0. The number of hydrogen-bond acceptors (Lipinski definition) is 2. The first kappa shape index (κ1) is 15.3. The molecule has 1 heterocycles. The zero-order valence-electron chi connectivity index (χ0n) is 12.3. The summed E-state index contributed by atoms with van der Waals surface area (Å²) in [7, 11) is 4.21. The number of rotatable bonds is 4. The van der Waals surface area contributed by atoms with Gasteiger partial charge in [0.05, 0.1) is 0 Å². The predicted molar refractivity (Wildman–Crippen MR) is 83.2 cm³/mol. The average molecular weight is 295 g/mol. The van der Waals surface area contributed by atoms with Crippen LogP contribution in [0.2, 0.25) is 0 Å². The number of amides is 1. The minimum atomic E-state index is 0.139. The first-order chi connectivity index (χ1) is 9.60. The van der Waals surface area contributed by atoms with E-state index in [2.05, 4.69) is 19.0 Å². The van der Waals surface area contributed by atoms with Gasteiger partial charge in [0.2, 0.25) is 0 Å². The third-order valence-corrected chi connectivity index (χ3v) is 4.16. The maximum absolute atomic E-state index is 12.5. The van der Waals surface area contributed by atoms with Crippen molar-refractivity contribution in [1.82, 2.24) is 9.80 Å². The van der Waals surface area contributed by atoms with Crippen LogP contribution in [0, 0.1) is 5.92 Å². The SMILES string of the molecule is CN(C)CC1CCN(C(=O)c2cccc(CCl)c2)CC1. The number of halogens is 1. The van der Waals surface area contributed by atoms with E-state index in [0.717, 1.165) is 43.6 Å². The van der Waals surface area contributed by atoms with Crippen LogP contribution < -0.4 is 0 Å². The number of benzene rings is 1. The van der Waals surface area contributed by atoms with Crippen LogP contribution in [-0.4, -0.2) is 49.4 Å². The number of carbonyl (C=O) groups is 1. The highest BCUT2D eigenvalue weighted by atomic mass is 35.5. The van der Waals surface area contributed by atoms with Gasteiger partial charge in [0.1, 0.15) is 0 Å². The van der Waals surface area contributed by atoms with Gasteiger partial charge in [-0.1, -0.05) is 12.1 Å². The van der Waals surface area contributed by atoms with Gasteiger partial charge in [-0.05, 0) is 50.6 Å². The number of alkyl halides is 1. The van der Waals surface area contributed by atoms with Gasteiger partial charge in [-0.25, -0.2) is 0 Å². The molecular weight excluding hydrogens is 272 g/mol. The van der Waals surface area contributed by atoms with E-state index < -0.39 is 0 Å². The fraction of sp³-hybridized carbons (Fsp3) is 0.562. The summed E-state index contributed by atoms with van der Waals surface area (Å²) in [4.78, 5) is 16.7. The second-order valence-corrected chi connectivity index (χ2v) is 6.10. The molecule has 0 spiro atoms. The van der Waals surface area contributed by atoms with Crippen LogP contribution in [0.1, 0.15) is 28.8 Å². The van der Waals surface area contributed by atoms with Gasteiger partial charge in [0.25, 0.3) is 5.91 Å². The first-order valence-electron chi connectivity index (χ1n) is 7.19. The number of carbonyl (C=O) groups excluding carboxylic acids is 1. The van der Waals surface area contributed by atoms with E-state index >= 15 is 0 Å². The molecule has 4 heteroatoms. The van der Waals surface area contributed by atoms with E-state index in [-0.39, 0.29) is 5.91 Å². The summed E-state index contributed by atoms with van der Waals surface area (Å²) >= 11 is 5.83. The van der Waals surface area contributed by atoms with Crippen molar-refractivity contribution < 1.29 is 4.79 Å². The van der Waals surface area contributed by atoms with Crippen molar-refractivity contribution in [3.63, 3.8) is 0 Å². The van der Waals surface area contributed by atoms with E-state index in [1.165, 1.54) is 0 Å². The van der Waals surface area contributed by atoms with Gasteiger partial charge in [-0.15, -0.1) is 11.6 Å². The second-order valence-electron chi connectivity index (χ2n) is 5.83. The summed E-state index contributed by atoms with van der Waals surface area (Å²) in [6.07, 6.45) is 2.19. The molecule has 110 valence electrons. The van der Waals surface area contributed by atoms with Crippen LogP contribution in [0.15, 0.2) is 24.3 Å². The van der Waals surface area contributed by atoms with Crippen LogP contribution >= 0.6 is 11.6 Å². The van der Waals surface area contributed by atoms with E-state index in [0.29, 0.717) is 11.8 Å². The zero-order valence-corrected chi connectivity index (χ0v) is 13.1. The van der Waals surface area contributed by atoms with Crippen LogP contribution in [0.5, 0.6) is 0 Å². The minimum Gasteiger partial charge on any atom is -0.339 e. The molecule has 0 N–H and O–H groups in total. The highest BCUT2D eigenvalue weighted by Gasteiger charge is 2.23. The Bertz CT molecular complexity index is 454. The third kappa shape index (κ3) is 3.97. The lowest BCUT2D eigenvalue weighted by Crippen LogP contribution is -2.40. The van der Waals surface area contributed by atoms with Crippen LogP contribution in [-0.2, 0) is 5.88 Å². The van der Waals surface area contributed by atoms with Crippen molar-refractivity contribution >= 4 is 17.5 Å². The molecule has 0 saturated carbocycles. The monoisotopic (exact) mass is 294 g/mol. The molecule has 2 rings (SSSR count). The molecule has 1 aliphatic heterocycles. The Balaban J connectivity index is 1.94. The van der Waals surface area contributed by atoms with Crippen molar-refractivity contribution in [1.29, 1.82) is 0 Å². The van der Waals surface area contributed by atoms with Crippen molar-refractivity contribution in [3.8, 4) is 0 Å². The molecule has 20 heavy (non-hydrogen) atoms. The molecule has 1 saturated heterocycles. The molecule has 1 fully saturated rings. The molecule has 1 amide bonds. The Morgan fingerprint density at radius 2 is 2.05 bits per heavy atom. The van der Waals surface area contributed by atoms with Gasteiger partial charge >= 0.3 is 0 Å². The molecule has 1 aromatic rings. The minimum absolute atomic E-state index is 0.139. The molecule has 0 radical (unpaired) electrons. The maximum atomic E-state index is 12.5. The largest absolute Gasteiger partial charge is 0.339 e. The summed E-state index contributed by atoms with van der Waals surface area (Å²) in [6.45, 7) is 2.84. The molecule has 3 nitrogen and oxygen atoms in total. The van der Waals surface area contributed by atoms with E-state index in [4.69, 9.17) is 11.6 Å². The lowest BCUT2D eigenvalue weighted by Gasteiger charge is -2.33. The Morgan fingerprint density at radius 1 is 1.35 bits per heavy atom. The van der Waals surface area contributed by atoms with Crippen molar-refractivity contribution in [3.05, 3.63) is 35.4 Å². The molecule has 0 aromatic heterocycles. The Hall–Kier alpha value is -1.06. The fourth-order valence-electron chi connectivity index (χ4n) is 2.81. The van der Waals surface area contributed by atoms with Gasteiger partial charge in [0, 0.05) is 31.1 Å². The number of nitrogens with zero attached hydrogens (tertiary/aromatic N) is 2. The highest BCUT2D eigenvalue weighted by molar-refractivity contribution is 6.17. The predicted octanol–water partition coefficient (Wildman–Crippen LogP) is 2.84. The number of likely N-dealkylation sites (tertiary alicyclic amines) is 1. The van der Waals surface area contributed by atoms with Crippen molar-refractivity contribution in [2.24, 2.45) is 5.92 Å². The summed E-state index contributed by atoms with van der Waals surface area (Å²) in [5, 5.41) is 0. The zero-order chi connectivity index (χ0) is 14.5. The smallest absolute Gasteiger partial charge is 0.253 e. The second kappa shape index (κ2) is 7.09. The lowest BCUT2D eigenvalue weighted by molar-refractivity contribution is 0.0678. The molecule has 0 aliphatic carbocycles. The summed E-state index contributed by atoms with van der Waals surface area (Å²) < 4.78 is 0. The summed E-state index contributed by atoms with van der Waals surface area (Å²) in [6, 6.07) is 7.64. The van der Waals surface area contributed by atoms with Gasteiger partial charge in [-0.2, -0.15) is 0 Å². The normalized spacial score (nSPS) is 16.7. The standard InChI is InChI=1S/C16H23ClN2O/c1-18(2)12-13-6-8-19(9-7-13)16(20)15-5-3-4-14(10-15)11-17/h3-5,10,13H,6-9,11-12H2,1-2H3. The quantitative estimate of drug-likeness (QED) is 0.797. The van der Waals surface area contributed by atoms with Crippen LogP contribution in [0.25, 0.3) is 0 Å². The molecule has 1 aliphatic rings. The molecule has 0 bridgehead atoms. The van der Waals surface area contributed by atoms with Gasteiger partial charge < -0.3 is 9.80 Å².